The van der Waals surface area contributed by atoms with Crippen LogP contribution in [-0.2, 0) is 0 Å². The number of anilines is 1. The Morgan fingerprint density at radius 3 is 2.60 bits per heavy atom. The maximum Gasteiger partial charge on any atom is 0.185 e. The summed E-state index contributed by atoms with van der Waals surface area (Å²) in [4.78, 5) is 10.9. The Bertz CT molecular complexity index is 422. The zero-order valence-corrected chi connectivity index (χ0v) is 14.3. The van der Waals surface area contributed by atoms with Crippen molar-refractivity contribution in [2.24, 2.45) is 5.92 Å². The zero-order chi connectivity index (χ0) is 14.7. The molecule has 0 radical (unpaired) electrons. The van der Waals surface area contributed by atoms with E-state index in [4.69, 9.17) is 4.98 Å². The van der Waals surface area contributed by atoms with Gasteiger partial charge < -0.3 is 15.1 Å². The summed E-state index contributed by atoms with van der Waals surface area (Å²) in [5, 5.41) is 4.52. The van der Waals surface area contributed by atoms with E-state index in [1.54, 1.807) is 0 Å². The molecule has 0 aromatic carbocycles. The van der Waals surface area contributed by atoms with E-state index in [0.29, 0.717) is 6.04 Å². The number of nitrogens with zero attached hydrogens (tertiary/aromatic N) is 3. The minimum Gasteiger partial charge on any atom is -0.348 e. The van der Waals surface area contributed by atoms with Gasteiger partial charge in [-0.1, -0.05) is 0 Å². The topological polar surface area (TPSA) is 31.4 Å². The second-order valence-electron chi connectivity index (χ2n) is 6.15. The molecule has 4 nitrogen and oxygen atoms in total. The van der Waals surface area contributed by atoms with E-state index in [2.05, 4.69) is 43.1 Å². The summed E-state index contributed by atoms with van der Waals surface area (Å²) in [7, 11) is 6.35. The molecule has 1 aromatic rings. The van der Waals surface area contributed by atoms with Crippen molar-refractivity contribution in [3.63, 3.8) is 0 Å². The molecule has 1 N–H and O–H groups in total. The van der Waals surface area contributed by atoms with Crippen molar-refractivity contribution in [1.29, 1.82) is 0 Å². The van der Waals surface area contributed by atoms with Crippen LogP contribution in [0, 0.1) is 12.8 Å². The van der Waals surface area contributed by atoms with Crippen LogP contribution in [0.5, 0.6) is 0 Å². The quantitative estimate of drug-likeness (QED) is 0.905. The molecule has 2 heterocycles. The van der Waals surface area contributed by atoms with Crippen LogP contribution in [-0.4, -0.2) is 50.7 Å². The molecular weight excluding hydrogens is 268 g/mol. The van der Waals surface area contributed by atoms with E-state index < -0.39 is 0 Å². The first-order valence-electron chi connectivity index (χ1n) is 7.55. The van der Waals surface area contributed by atoms with Gasteiger partial charge in [0.05, 0.1) is 5.69 Å². The number of aryl methyl sites for hydroxylation is 1. The van der Waals surface area contributed by atoms with Crippen LogP contribution in [0.2, 0.25) is 0 Å². The van der Waals surface area contributed by atoms with E-state index in [-0.39, 0.29) is 0 Å². The summed E-state index contributed by atoms with van der Waals surface area (Å²) in [6, 6.07) is 0.396. The minimum atomic E-state index is 0.396. The molecule has 2 rings (SSSR count). The van der Waals surface area contributed by atoms with Crippen LogP contribution >= 0.6 is 11.3 Å². The fraction of sp³-hybridized carbons (Fsp3) is 0.800. The summed E-state index contributed by atoms with van der Waals surface area (Å²) >= 11 is 1.86. The number of aromatic nitrogens is 1. The van der Waals surface area contributed by atoms with Gasteiger partial charge in [0.2, 0.25) is 0 Å². The van der Waals surface area contributed by atoms with Gasteiger partial charge in [0.1, 0.15) is 0 Å². The standard InChI is InChI=1S/C15H28N4S/c1-11(16-3)14-12(2)17-15(20-14)19-8-6-13(7-9-19)10-18(4)5/h11,13,16H,6-10H2,1-5H3. The van der Waals surface area contributed by atoms with Gasteiger partial charge in [-0.2, -0.15) is 0 Å². The second kappa shape index (κ2) is 6.87. The normalized spacial score (nSPS) is 18.8. The van der Waals surface area contributed by atoms with E-state index in [1.807, 2.05) is 18.4 Å². The van der Waals surface area contributed by atoms with Gasteiger partial charge in [0.15, 0.2) is 5.13 Å². The van der Waals surface area contributed by atoms with Crippen molar-refractivity contribution in [2.75, 3.05) is 45.7 Å². The summed E-state index contributed by atoms with van der Waals surface area (Å²) in [6.45, 7) is 7.85. The van der Waals surface area contributed by atoms with Crippen molar-refractivity contribution in [1.82, 2.24) is 15.2 Å². The van der Waals surface area contributed by atoms with Gasteiger partial charge in [-0.25, -0.2) is 4.98 Å². The molecule has 1 atom stereocenters. The highest BCUT2D eigenvalue weighted by molar-refractivity contribution is 7.15. The fourth-order valence-electron chi connectivity index (χ4n) is 2.88. The molecule has 114 valence electrons. The lowest BCUT2D eigenvalue weighted by molar-refractivity contribution is 0.285. The summed E-state index contributed by atoms with van der Waals surface area (Å²) in [6.07, 6.45) is 2.57. The van der Waals surface area contributed by atoms with E-state index in [1.165, 1.54) is 35.1 Å². The van der Waals surface area contributed by atoms with Gasteiger partial charge in [0, 0.05) is 30.6 Å². The Morgan fingerprint density at radius 2 is 2.05 bits per heavy atom. The lowest BCUT2D eigenvalue weighted by atomic mass is 9.97. The van der Waals surface area contributed by atoms with Gasteiger partial charge >= 0.3 is 0 Å². The highest BCUT2D eigenvalue weighted by atomic mass is 32.1. The van der Waals surface area contributed by atoms with E-state index >= 15 is 0 Å². The minimum absolute atomic E-state index is 0.396. The Labute approximate surface area is 127 Å². The van der Waals surface area contributed by atoms with Crippen molar-refractivity contribution in [3.8, 4) is 0 Å². The summed E-state index contributed by atoms with van der Waals surface area (Å²) < 4.78 is 0. The number of hydrogen-bond acceptors (Lipinski definition) is 5. The second-order valence-corrected chi connectivity index (χ2v) is 7.16. The van der Waals surface area contributed by atoms with Crippen molar-refractivity contribution in [2.45, 2.75) is 32.7 Å². The molecule has 0 spiro atoms. The molecule has 1 aliphatic rings. The molecule has 0 bridgehead atoms. The first kappa shape index (κ1) is 15.7. The van der Waals surface area contributed by atoms with Crippen LogP contribution in [0.4, 0.5) is 5.13 Å². The summed E-state index contributed by atoms with van der Waals surface area (Å²) in [5.41, 5.74) is 1.18. The maximum atomic E-state index is 4.78. The Kier molecular flexibility index (Phi) is 5.41. The zero-order valence-electron chi connectivity index (χ0n) is 13.4. The molecule has 1 unspecified atom stereocenters. The number of nitrogens with one attached hydrogen (secondary N) is 1. The Morgan fingerprint density at radius 1 is 1.40 bits per heavy atom. The Hall–Kier alpha value is -0.650. The van der Waals surface area contributed by atoms with Gasteiger partial charge in [-0.05, 0) is 53.8 Å². The highest BCUT2D eigenvalue weighted by Gasteiger charge is 2.23. The molecule has 0 aliphatic carbocycles. The third kappa shape index (κ3) is 3.71. The van der Waals surface area contributed by atoms with E-state index in [0.717, 1.165) is 19.0 Å². The number of hydrogen-bond donors (Lipinski definition) is 1. The van der Waals surface area contributed by atoms with Crippen LogP contribution < -0.4 is 10.2 Å². The average Bonchev–Trinajstić information content (AvgIpc) is 2.80. The molecule has 5 heteroatoms. The van der Waals surface area contributed by atoms with Gasteiger partial charge in [0.25, 0.3) is 0 Å². The molecule has 20 heavy (non-hydrogen) atoms. The predicted molar refractivity (Wildman–Crippen MR) is 87.8 cm³/mol. The number of thiazole rings is 1. The first-order valence-corrected chi connectivity index (χ1v) is 8.37. The lowest BCUT2D eigenvalue weighted by Crippen LogP contribution is -2.37. The average molecular weight is 296 g/mol. The molecule has 1 aromatic heterocycles. The smallest absolute Gasteiger partial charge is 0.185 e. The maximum absolute atomic E-state index is 4.78. The highest BCUT2D eigenvalue weighted by Crippen LogP contribution is 2.32. The van der Waals surface area contributed by atoms with Crippen LogP contribution in [0.3, 0.4) is 0 Å². The van der Waals surface area contributed by atoms with E-state index in [9.17, 15) is 0 Å². The molecule has 1 fully saturated rings. The molecular formula is C15H28N4S. The largest absolute Gasteiger partial charge is 0.348 e. The number of rotatable bonds is 5. The molecule has 1 saturated heterocycles. The molecule has 0 amide bonds. The van der Waals surface area contributed by atoms with Gasteiger partial charge in [-0.15, -0.1) is 11.3 Å². The molecule has 1 aliphatic heterocycles. The fourth-order valence-corrected chi connectivity index (χ4v) is 4.06. The van der Waals surface area contributed by atoms with Crippen molar-refractivity contribution < 1.29 is 0 Å². The SMILES string of the molecule is CNC(C)c1sc(N2CCC(CN(C)C)CC2)nc1C. The summed E-state index contributed by atoms with van der Waals surface area (Å²) in [5.74, 6) is 0.845. The third-order valence-electron chi connectivity index (χ3n) is 4.16. The van der Waals surface area contributed by atoms with Crippen LogP contribution in [0.1, 0.15) is 36.4 Å². The van der Waals surface area contributed by atoms with Crippen LogP contribution in [0.25, 0.3) is 0 Å². The lowest BCUT2D eigenvalue weighted by Gasteiger charge is -2.33. The van der Waals surface area contributed by atoms with Crippen molar-refractivity contribution in [3.05, 3.63) is 10.6 Å². The van der Waals surface area contributed by atoms with Crippen molar-refractivity contribution >= 4 is 16.5 Å². The monoisotopic (exact) mass is 296 g/mol. The molecule has 0 saturated carbocycles. The van der Waals surface area contributed by atoms with Crippen LogP contribution in [0.15, 0.2) is 0 Å². The van der Waals surface area contributed by atoms with Gasteiger partial charge in [-0.3, -0.25) is 0 Å². The first-order chi connectivity index (χ1) is 9.51. The third-order valence-corrected chi connectivity index (χ3v) is 5.56. The number of piperidine rings is 1. The Balaban J connectivity index is 1.97. The predicted octanol–water partition coefficient (Wildman–Crippen LogP) is 2.51.